The summed E-state index contributed by atoms with van der Waals surface area (Å²) in [5, 5.41) is 23.3. The Morgan fingerprint density at radius 3 is 2.48 bits per heavy atom. The van der Waals surface area contributed by atoms with Crippen LogP contribution in [0.5, 0.6) is 0 Å². The average molecular weight is 461 g/mol. The van der Waals surface area contributed by atoms with Crippen molar-refractivity contribution in [1.82, 2.24) is 29.8 Å². The monoisotopic (exact) mass is 461 g/mol. The van der Waals surface area contributed by atoms with Crippen molar-refractivity contribution in [3.63, 3.8) is 0 Å². The van der Waals surface area contributed by atoms with Gasteiger partial charge in [-0.15, -0.1) is 5.10 Å². The SMILES string of the molecule is CCn1ncc(NC(=O)Cn2cc(-c3cnc4ccccc4c3)cn2)n1.O=C(O)C(F)(F)F. The maximum absolute atomic E-state index is 12.1. The van der Waals surface area contributed by atoms with Crippen LogP contribution in [-0.2, 0) is 22.7 Å². The number of hydrogen-bond acceptors (Lipinski definition) is 6. The van der Waals surface area contributed by atoms with Gasteiger partial charge in [-0.05, 0) is 19.1 Å². The van der Waals surface area contributed by atoms with Crippen molar-refractivity contribution in [2.45, 2.75) is 26.2 Å². The number of aliphatic carboxylic acids is 1. The third-order valence-electron chi connectivity index (χ3n) is 4.19. The number of fused-ring (bicyclic) bond motifs is 1. The lowest BCUT2D eigenvalue weighted by molar-refractivity contribution is -0.192. The Morgan fingerprint density at radius 2 is 1.82 bits per heavy atom. The summed E-state index contributed by atoms with van der Waals surface area (Å²) in [5.74, 6) is -2.53. The number of halogens is 3. The van der Waals surface area contributed by atoms with Gasteiger partial charge >= 0.3 is 12.1 Å². The molecule has 3 heterocycles. The van der Waals surface area contributed by atoms with Gasteiger partial charge in [0.1, 0.15) is 6.54 Å². The molecule has 0 saturated carbocycles. The van der Waals surface area contributed by atoms with E-state index >= 15 is 0 Å². The predicted molar refractivity (Wildman–Crippen MR) is 111 cm³/mol. The smallest absolute Gasteiger partial charge is 0.475 e. The molecule has 0 fully saturated rings. The van der Waals surface area contributed by atoms with Gasteiger partial charge in [0.05, 0.1) is 24.5 Å². The Labute approximate surface area is 184 Å². The van der Waals surface area contributed by atoms with E-state index in [-0.39, 0.29) is 12.5 Å². The first kappa shape index (κ1) is 23.4. The molecule has 0 aliphatic rings. The molecule has 0 aliphatic heterocycles. The van der Waals surface area contributed by atoms with Crippen LogP contribution in [0.3, 0.4) is 0 Å². The number of anilines is 1. The lowest BCUT2D eigenvalue weighted by Crippen LogP contribution is -2.21. The van der Waals surface area contributed by atoms with Crippen LogP contribution in [0.2, 0.25) is 0 Å². The molecule has 0 aliphatic carbocycles. The molecule has 0 atom stereocenters. The number of carboxylic acids is 1. The Morgan fingerprint density at radius 1 is 1.09 bits per heavy atom. The number of amides is 1. The third kappa shape index (κ3) is 6.35. The highest BCUT2D eigenvalue weighted by Crippen LogP contribution is 2.22. The quantitative estimate of drug-likeness (QED) is 0.468. The highest BCUT2D eigenvalue weighted by atomic mass is 19.4. The van der Waals surface area contributed by atoms with Gasteiger partial charge in [0.25, 0.3) is 0 Å². The maximum Gasteiger partial charge on any atom is 0.490 e. The van der Waals surface area contributed by atoms with E-state index in [4.69, 9.17) is 9.90 Å². The highest BCUT2D eigenvalue weighted by molar-refractivity contribution is 5.89. The van der Waals surface area contributed by atoms with E-state index in [9.17, 15) is 18.0 Å². The molecule has 0 spiro atoms. The zero-order valence-electron chi connectivity index (χ0n) is 17.2. The first-order valence-electron chi connectivity index (χ1n) is 9.53. The van der Waals surface area contributed by atoms with Crippen LogP contribution in [0.25, 0.3) is 22.0 Å². The highest BCUT2D eigenvalue weighted by Gasteiger charge is 2.38. The van der Waals surface area contributed by atoms with E-state index in [0.29, 0.717) is 12.4 Å². The van der Waals surface area contributed by atoms with E-state index in [1.807, 2.05) is 43.6 Å². The van der Waals surface area contributed by atoms with Gasteiger partial charge in [0, 0.05) is 28.9 Å². The van der Waals surface area contributed by atoms with Gasteiger partial charge in [-0.2, -0.15) is 28.2 Å². The zero-order chi connectivity index (χ0) is 24.0. The van der Waals surface area contributed by atoms with Crippen LogP contribution in [0, 0.1) is 0 Å². The second-order valence-electron chi connectivity index (χ2n) is 6.61. The van der Waals surface area contributed by atoms with Gasteiger partial charge in [0.15, 0.2) is 5.82 Å². The standard InChI is InChI=1S/C18H17N7O.C2HF3O2/c1-2-25-21-10-17(23-25)22-18(26)12-24-11-15(9-20-24)14-7-13-5-3-4-6-16(13)19-8-14;3-2(4,5)1(6)7/h3-11H,2,12H2,1H3,(H,22,23,26);(H,6,7). The minimum Gasteiger partial charge on any atom is -0.475 e. The number of hydrogen-bond donors (Lipinski definition) is 2. The van der Waals surface area contributed by atoms with Gasteiger partial charge in [-0.1, -0.05) is 18.2 Å². The van der Waals surface area contributed by atoms with Gasteiger partial charge in [0.2, 0.25) is 5.91 Å². The molecule has 0 bridgehead atoms. The van der Waals surface area contributed by atoms with Crippen LogP contribution < -0.4 is 5.32 Å². The molecule has 1 aromatic carbocycles. The van der Waals surface area contributed by atoms with Crippen molar-refractivity contribution >= 4 is 28.6 Å². The maximum atomic E-state index is 12.1. The van der Waals surface area contributed by atoms with Crippen LogP contribution in [-0.4, -0.2) is 52.9 Å². The van der Waals surface area contributed by atoms with E-state index in [2.05, 4.69) is 31.7 Å². The fraction of sp³-hybridized carbons (Fsp3) is 0.200. The Kier molecular flexibility index (Phi) is 7.00. The van der Waals surface area contributed by atoms with Crippen LogP contribution >= 0.6 is 0 Å². The molecule has 0 unspecified atom stereocenters. The number of pyridine rings is 1. The summed E-state index contributed by atoms with van der Waals surface area (Å²) in [7, 11) is 0. The fourth-order valence-electron chi connectivity index (χ4n) is 2.66. The first-order valence-corrected chi connectivity index (χ1v) is 9.53. The lowest BCUT2D eigenvalue weighted by atomic mass is 10.1. The summed E-state index contributed by atoms with van der Waals surface area (Å²) >= 11 is 0. The molecule has 1 amide bonds. The van der Waals surface area contributed by atoms with E-state index < -0.39 is 12.1 Å². The summed E-state index contributed by atoms with van der Waals surface area (Å²) in [6.45, 7) is 2.68. The van der Waals surface area contributed by atoms with E-state index in [1.165, 1.54) is 11.0 Å². The summed E-state index contributed by atoms with van der Waals surface area (Å²) in [4.78, 5) is 27.0. The molecule has 4 aromatic rings. The molecular weight excluding hydrogens is 443 g/mol. The summed E-state index contributed by atoms with van der Waals surface area (Å²) < 4.78 is 33.3. The van der Waals surface area contributed by atoms with Gasteiger partial charge in [-0.25, -0.2) is 4.79 Å². The van der Waals surface area contributed by atoms with Crippen molar-refractivity contribution in [1.29, 1.82) is 0 Å². The minimum atomic E-state index is -5.08. The van der Waals surface area contributed by atoms with Crippen molar-refractivity contribution in [2.24, 2.45) is 0 Å². The molecule has 3 aromatic heterocycles. The summed E-state index contributed by atoms with van der Waals surface area (Å²) in [6, 6.07) is 10.0. The number of aromatic nitrogens is 6. The molecular formula is C20H18F3N7O3. The normalized spacial score (nSPS) is 11.0. The number of carbonyl (C=O) groups is 2. The van der Waals surface area contributed by atoms with Crippen molar-refractivity contribution in [3.05, 3.63) is 55.1 Å². The number of carbonyl (C=O) groups excluding carboxylic acids is 1. The number of alkyl halides is 3. The summed E-state index contributed by atoms with van der Waals surface area (Å²) in [6.07, 6.45) is 1.81. The number of benzene rings is 1. The lowest BCUT2D eigenvalue weighted by Gasteiger charge is -2.02. The number of rotatable bonds is 5. The molecule has 4 rings (SSSR count). The average Bonchev–Trinajstić information content (AvgIpc) is 3.42. The second kappa shape index (κ2) is 9.89. The Bertz CT molecular complexity index is 1270. The van der Waals surface area contributed by atoms with Crippen LogP contribution in [0.4, 0.5) is 19.0 Å². The molecule has 172 valence electrons. The number of carboxylic acid groups (broad SMARTS) is 1. The van der Waals surface area contributed by atoms with Crippen molar-refractivity contribution in [3.8, 4) is 11.1 Å². The first-order chi connectivity index (χ1) is 15.7. The number of nitrogens with zero attached hydrogens (tertiary/aromatic N) is 6. The zero-order valence-corrected chi connectivity index (χ0v) is 17.2. The Balaban J connectivity index is 0.000000383. The minimum absolute atomic E-state index is 0.0972. The van der Waals surface area contributed by atoms with E-state index in [0.717, 1.165) is 22.0 Å². The topological polar surface area (TPSA) is 128 Å². The second-order valence-corrected chi connectivity index (χ2v) is 6.61. The van der Waals surface area contributed by atoms with Crippen LogP contribution in [0.15, 0.2) is 55.1 Å². The molecule has 13 heteroatoms. The number of para-hydroxylation sites is 1. The fourth-order valence-corrected chi connectivity index (χ4v) is 2.66. The van der Waals surface area contributed by atoms with E-state index in [1.54, 1.807) is 10.9 Å². The summed E-state index contributed by atoms with van der Waals surface area (Å²) in [5.41, 5.74) is 2.82. The van der Waals surface area contributed by atoms with Crippen LogP contribution in [0.1, 0.15) is 6.92 Å². The number of aryl methyl sites for hydroxylation is 1. The van der Waals surface area contributed by atoms with Gasteiger partial charge in [-0.3, -0.25) is 14.5 Å². The predicted octanol–water partition coefficient (Wildman–Crippen LogP) is 2.98. The number of nitrogens with one attached hydrogen (secondary N) is 1. The third-order valence-corrected chi connectivity index (χ3v) is 4.19. The molecule has 2 N–H and O–H groups in total. The Hall–Kier alpha value is -4.29. The molecule has 33 heavy (non-hydrogen) atoms. The molecule has 0 radical (unpaired) electrons. The largest absolute Gasteiger partial charge is 0.490 e. The van der Waals surface area contributed by atoms with Crippen molar-refractivity contribution < 1.29 is 27.9 Å². The molecule has 0 saturated heterocycles. The van der Waals surface area contributed by atoms with Gasteiger partial charge < -0.3 is 10.4 Å². The molecule has 10 nitrogen and oxygen atoms in total. The van der Waals surface area contributed by atoms with Crippen molar-refractivity contribution in [2.75, 3.05) is 5.32 Å².